The summed E-state index contributed by atoms with van der Waals surface area (Å²) in [5.41, 5.74) is -0.518. The molecule has 0 unspecified atom stereocenters. The van der Waals surface area contributed by atoms with Crippen molar-refractivity contribution in [3.8, 4) is 0 Å². The van der Waals surface area contributed by atoms with Crippen molar-refractivity contribution in [2.24, 2.45) is 11.8 Å². The van der Waals surface area contributed by atoms with Gasteiger partial charge >= 0.3 is 18.2 Å². The maximum Gasteiger partial charge on any atom is 0.516 e. The zero-order valence-electron chi connectivity index (χ0n) is 15.2. The molecule has 1 aliphatic carbocycles. The van der Waals surface area contributed by atoms with Gasteiger partial charge in [0.2, 0.25) is 0 Å². The lowest BCUT2D eigenvalue weighted by Crippen LogP contribution is -2.36. The number of hydrogen-bond acceptors (Lipinski definition) is 6. The van der Waals surface area contributed by atoms with Crippen LogP contribution < -0.4 is 5.32 Å². The number of hydrogen-bond donors (Lipinski definition) is 1. The van der Waals surface area contributed by atoms with Crippen LogP contribution in [-0.2, 0) is 19.0 Å². The summed E-state index contributed by atoms with van der Waals surface area (Å²) in [6.07, 6.45) is 1.15. The molecular weight excluding hydrogens is 314 g/mol. The molecule has 0 heterocycles. The van der Waals surface area contributed by atoms with Crippen molar-refractivity contribution in [1.82, 2.24) is 5.32 Å². The monoisotopic (exact) mass is 343 g/mol. The largest absolute Gasteiger partial charge is 0.516 e. The lowest BCUT2D eigenvalue weighted by molar-refractivity contribution is -0.146. The third-order valence-corrected chi connectivity index (χ3v) is 3.63. The van der Waals surface area contributed by atoms with Gasteiger partial charge in [-0.1, -0.05) is 0 Å². The summed E-state index contributed by atoms with van der Waals surface area (Å²) in [4.78, 5) is 34.9. The predicted octanol–water partition coefficient (Wildman–Crippen LogP) is 3.41. The zero-order valence-corrected chi connectivity index (χ0v) is 15.2. The van der Waals surface area contributed by atoms with Gasteiger partial charge in [0.1, 0.15) is 5.60 Å². The Kier molecular flexibility index (Phi) is 7.51. The molecule has 1 aliphatic rings. The average molecular weight is 343 g/mol. The number of carbonyl (C=O) groups excluding carboxylic acids is 3. The molecule has 7 heteroatoms. The number of rotatable bonds is 4. The normalized spacial score (nSPS) is 21.1. The highest BCUT2D eigenvalue weighted by atomic mass is 16.7. The molecule has 0 atom stereocenters. The van der Waals surface area contributed by atoms with E-state index < -0.39 is 23.8 Å². The van der Waals surface area contributed by atoms with E-state index in [0.717, 1.165) is 12.8 Å². The van der Waals surface area contributed by atoms with Gasteiger partial charge in [-0.15, -0.1) is 0 Å². The van der Waals surface area contributed by atoms with E-state index in [-0.39, 0.29) is 12.0 Å². The highest BCUT2D eigenvalue weighted by molar-refractivity contribution is 5.83. The van der Waals surface area contributed by atoms with Crippen molar-refractivity contribution < 1.29 is 28.6 Å². The van der Waals surface area contributed by atoms with Gasteiger partial charge in [0.25, 0.3) is 0 Å². The molecule has 24 heavy (non-hydrogen) atoms. The summed E-state index contributed by atoms with van der Waals surface area (Å²) in [7, 11) is 0. The lowest BCUT2D eigenvalue weighted by Gasteiger charge is -2.27. The zero-order chi connectivity index (χ0) is 18.3. The summed E-state index contributed by atoms with van der Waals surface area (Å²) in [5.74, 6) is -0.522. The first-order valence-corrected chi connectivity index (χ1v) is 8.46. The topological polar surface area (TPSA) is 90.9 Å². The van der Waals surface area contributed by atoms with Crippen LogP contribution in [-0.4, -0.2) is 36.5 Å². The molecule has 0 radical (unpaired) electrons. The first-order chi connectivity index (χ1) is 11.1. The molecule has 1 rings (SSSR count). The summed E-state index contributed by atoms with van der Waals surface area (Å²) in [6.45, 7) is 9.34. The Morgan fingerprint density at radius 3 is 2.17 bits per heavy atom. The Balaban J connectivity index is 2.27. The predicted molar refractivity (Wildman–Crippen MR) is 87.4 cm³/mol. The first-order valence-electron chi connectivity index (χ1n) is 8.46. The minimum Gasteiger partial charge on any atom is -0.444 e. The molecule has 138 valence electrons. The quantitative estimate of drug-likeness (QED) is 0.621. The second-order valence-electron chi connectivity index (χ2n) is 7.44. The van der Waals surface area contributed by atoms with Crippen LogP contribution in [0.4, 0.5) is 9.59 Å². The Labute approximate surface area is 143 Å². The number of esters is 1. The maximum atomic E-state index is 11.9. The minimum absolute atomic E-state index is 0.289. The molecule has 1 N–H and O–H groups in total. The number of ether oxygens (including phenoxy) is 3. The number of amides is 1. The Morgan fingerprint density at radius 2 is 1.67 bits per heavy atom. The third kappa shape index (κ3) is 8.17. The van der Waals surface area contributed by atoms with Gasteiger partial charge in [-0.25, -0.2) is 9.59 Å². The van der Waals surface area contributed by atoms with E-state index in [2.05, 4.69) is 5.32 Å². The highest BCUT2D eigenvalue weighted by Crippen LogP contribution is 2.29. The van der Waals surface area contributed by atoms with Gasteiger partial charge in [-0.2, -0.15) is 0 Å². The highest BCUT2D eigenvalue weighted by Gasteiger charge is 2.29. The van der Waals surface area contributed by atoms with Gasteiger partial charge in [-0.05, 0) is 66.2 Å². The summed E-state index contributed by atoms with van der Waals surface area (Å²) in [5, 5.41) is 2.76. The fraction of sp³-hybridized carbons (Fsp3) is 0.824. The summed E-state index contributed by atoms with van der Waals surface area (Å²) in [6, 6.07) is 0. The van der Waals surface area contributed by atoms with Crippen molar-refractivity contribution in [3.05, 3.63) is 0 Å². The molecule has 0 saturated heterocycles. The second-order valence-corrected chi connectivity index (χ2v) is 7.44. The molecule has 0 aromatic carbocycles. The fourth-order valence-electron chi connectivity index (χ4n) is 2.53. The van der Waals surface area contributed by atoms with Crippen LogP contribution in [0, 0.1) is 11.8 Å². The van der Waals surface area contributed by atoms with Gasteiger partial charge < -0.3 is 19.5 Å². The van der Waals surface area contributed by atoms with E-state index in [1.807, 2.05) is 20.8 Å². The molecule has 7 nitrogen and oxygen atoms in total. The van der Waals surface area contributed by atoms with Crippen LogP contribution in [0.2, 0.25) is 0 Å². The smallest absolute Gasteiger partial charge is 0.444 e. The fourth-order valence-corrected chi connectivity index (χ4v) is 2.53. The van der Waals surface area contributed by atoms with Crippen molar-refractivity contribution in [2.45, 2.75) is 72.0 Å². The van der Waals surface area contributed by atoms with Crippen LogP contribution in [0.5, 0.6) is 0 Å². The number of nitrogens with one attached hydrogen (secondary N) is 1. The molecular formula is C17H29NO6. The summed E-state index contributed by atoms with van der Waals surface area (Å²) < 4.78 is 14.7. The van der Waals surface area contributed by atoms with Crippen LogP contribution in [0.15, 0.2) is 0 Å². The average Bonchev–Trinajstić information content (AvgIpc) is 2.42. The van der Waals surface area contributed by atoms with E-state index in [1.54, 1.807) is 13.8 Å². The van der Waals surface area contributed by atoms with E-state index in [9.17, 15) is 14.4 Å². The van der Waals surface area contributed by atoms with Crippen molar-refractivity contribution >= 4 is 18.2 Å². The van der Waals surface area contributed by atoms with E-state index in [0.29, 0.717) is 25.3 Å². The Morgan fingerprint density at radius 1 is 1.08 bits per heavy atom. The SMILES string of the molecule is CC(C)OC(=O)OC(=O)[C@H]1CC[C@H](CNC(=O)OC(C)(C)C)CC1. The first kappa shape index (κ1) is 20.3. The standard InChI is InChI=1S/C17H29NO6/c1-11(2)22-16(21)23-14(19)13-8-6-12(7-9-13)10-18-15(20)24-17(3,4)5/h11-13H,6-10H2,1-5H3,(H,18,20)/t12-,13-. The molecule has 1 saturated carbocycles. The van der Waals surface area contributed by atoms with Crippen LogP contribution >= 0.6 is 0 Å². The molecule has 0 aromatic rings. The van der Waals surface area contributed by atoms with Crippen molar-refractivity contribution in [3.63, 3.8) is 0 Å². The van der Waals surface area contributed by atoms with E-state index in [4.69, 9.17) is 14.2 Å². The van der Waals surface area contributed by atoms with Crippen molar-refractivity contribution in [1.29, 1.82) is 0 Å². The van der Waals surface area contributed by atoms with E-state index in [1.165, 1.54) is 0 Å². The molecule has 1 fully saturated rings. The molecule has 0 spiro atoms. The molecule has 0 bridgehead atoms. The van der Waals surface area contributed by atoms with Gasteiger partial charge in [0.05, 0.1) is 12.0 Å². The second kappa shape index (κ2) is 8.89. The molecule has 0 aliphatic heterocycles. The Bertz CT molecular complexity index is 446. The summed E-state index contributed by atoms with van der Waals surface area (Å²) >= 11 is 0. The minimum atomic E-state index is -0.941. The van der Waals surface area contributed by atoms with Crippen molar-refractivity contribution in [2.75, 3.05) is 6.54 Å². The maximum absolute atomic E-state index is 11.9. The Hall–Kier alpha value is -1.79. The van der Waals surface area contributed by atoms with Gasteiger partial charge in [0.15, 0.2) is 0 Å². The molecule has 0 aromatic heterocycles. The van der Waals surface area contributed by atoms with Gasteiger partial charge in [-0.3, -0.25) is 4.79 Å². The lowest BCUT2D eigenvalue weighted by atomic mass is 9.82. The molecule has 1 amide bonds. The van der Waals surface area contributed by atoms with Crippen LogP contribution in [0.25, 0.3) is 0 Å². The van der Waals surface area contributed by atoms with Crippen LogP contribution in [0.1, 0.15) is 60.3 Å². The third-order valence-electron chi connectivity index (χ3n) is 3.63. The van der Waals surface area contributed by atoms with E-state index >= 15 is 0 Å². The number of alkyl carbamates (subject to hydrolysis) is 1. The van der Waals surface area contributed by atoms with Gasteiger partial charge in [0, 0.05) is 6.54 Å². The van der Waals surface area contributed by atoms with Crippen LogP contribution in [0.3, 0.4) is 0 Å². The number of carbonyl (C=O) groups is 3.